The number of pyridine rings is 1. The first-order chi connectivity index (χ1) is 16.3. The molecule has 3 aromatic carbocycles. The maximum atomic E-state index is 9.87. The number of anilines is 3. The summed E-state index contributed by atoms with van der Waals surface area (Å²) in [5, 5.41) is 1.32. The molecule has 0 unspecified atom stereocenters. The standard InChI is InChI=1S/C26H25N2.F6P/c1-27-24-18-10-8-16-22(24)26(23-17-9-11-19-25(23)27)28(20-12-4-2-5-13-20)21-14-6-3-7-15-21;1-7(2,3,4,5)6/h2-8,10,12-16,18H,9,11,17,19H2,1H3;/q+1;-1. The van der Waals surface area contributed by atoms with E-state index in [1.807, 2.05) is 0 Å². The summed E-state index contributed by atoms with van der Waals surface area (Å²) in [6, 6.07) is 30.4. The Morgan fingerprint density at radius 2 is 1.11 bits per heavy atom. The quantitative estimate of drug-likeness (QED) is 0.151. The average molecular weight is 510 g/mol. The Kier molecular flexibility index (Phi) is 6.08. The minimum absolute atomic E-state index is 1.14. The summed E-state index contributed by atoms with van der Waals surface area (Å²) in [6.45, 7) is 0. The molecule has 0 saturated carbocycles. The summed E-state index contributed by atoms with van der Waals surface area (Å²) in [5.41, 5.74) is 8.05. The van der Waals surface area contributed by atoms with Crippen molar-refractivity contribution < 1.29 is 29.7 Å². The van der Waals surface area contributed by atoms with Gasteiger partial charge < -0.3 is 4.90 Å². The normalized spacial score (nSPS) is 15.3. The van der Waals surface area contributed by atoms with E-state index in [1.54, 1.807) is 0 Å². The first-order valence-electron chi connectivity index (χ1n) is 11.2. The number of aromatic nitrogens is 1. The van der Waals surface area contributed by atoms with E-state index in [2.05, 4.69) is 101 Å². The third-order valence-corrected chi connectivity index (χ3v) is 5.90. The molecule has 1 aliphatic carbocycles. The van der Waals surface area contributed by atoms with Crippen molar-refractivity contribution in [2.45, 2.75) is 25.7 Å². The zero-order chi connectivity index (χ0) is 25.3. The number of aryl methyl sites for hydroxylation is 1. The third kappa shape index (κ3) is 6.51. The molecule has 0 atom stereocenters. The van der Waals surface area contributed by atoms with Crippen LogP contribution in [0.25, 0.3) is 10.9 Å². The molecule has 5 rings (SSSR count). The van der Waals surface area contributed by atoms with Crippen LogP contribution in [0, 0.1) is 0 Å². The minimum atomic E-state index is -10.7. The molecule has 1 aliphatic rings. The molecule has 0 amide bonds. The van der Waals surface area contributed by atoms with Crippen LogP contribution in [-0.2, 0) is 19.9 Å². The van der Waals surface area contributed by atoms with Crippen molar-refractivity contribution in [1.29, 1.82) is 0 Å². The Morgan fingerprint density at radius 3 is 1.66 bits per heavy atom. The first kappa shape index (κ1) is 25.0. The topological polar surface area (TPSA) is 7.12 Å². The van der Waals surface area contributed by atoms with Crippen LogP contribution in [0.5, 0.6) is 0 Å². The molecule has 0 N–H and O–H groups in total. The van der Waals surface area contributed by atoms with Gasteiger partial charge in [-0.2, -0.15) is 4.57 Å². The number of fused-ring (bicyclic) bond motifs is 2. The molecule has 2 nitrogen and oxygen atoms in total. The van der Waals surface area contributed by atoms with Gasteiger partial charge in [0.15, 0.2) is 5.69 Å². The number of nitrogens with zero attached hydrogens (tertiary/aromatic N) is 2. The van der Waals surface area contributed by atoms with E-state index < -0.39 is 7.81 Å². The van der Waals surface area contributed by atoms with Crippen LogP contribution in [0.2, 0.25) is 0 Å². The molecular formula is C26H25F6N2P. The van der Waals surface area contributed by atoms with Gasteiger partial charge in [-0.3, -0.25) is 0 Å². The van der Waals surface area contributed by atoms with Gasteiger partial charge >= 0.3 is 33.0 Å². The molecule has 0 fully saturated rings. The van der Waals surface area contributed by atoms with Gasteiger partial charge in [0.2, 0.25) is 5.52 Å². The molecular weight excluding hydrogens is 485 g/mol. The Hall–Kier alpha value is -3.12. The molecule has 0 aliphatic heterocycles. The number of hydrogen-bond acceptors (Lipinski definition) is 1. The van der Waals surface area contributed by atoms with Crippen molar-refractivity contribution in [3.05, 3.63) is 96.2 Å². The predicted molar refractivity (Wildman–Crippen MR) is 130 cm³/mol. The van der Waals surface area contributed by atoms with Crippen molar-refractivity contribution >= 4 is 35.8 Å². The molecule has 4 aromatic rings. The van der Waals surface area contributed by atoms with E-state index in [-0.39, 0.29) is 0 Å². The van der Waals surface area contributed by atoms with Crippen LogP contribution >= 0.6 is 7.81 Å². The van der Waals surface area contributed by atoms with Crippen molar-refractivity contribution in [3.8, 4) is 0 Å². The summed E-state index contributed by atoms with van der Waals surface area (Å²) in [4.78, 5) is 2.45. The van der Waals surface area contributed by atoms with Crippen LogP contribution in [0.1, 0.15) is 24.1 Å². The van der Waals surface area contributed by atoms with Gasteiger partial charge in [-0.05, 0) is 49.6 Å². The van der Waals surface area contributed by atoms with Crippen molar-refractivity contribution in [1.82, 2.24) is 0 Å². The van der Waals surface area contributed by atoms with Crippen LogP contribution in [0.15, 0.2) is 84.9 Å². The van der Waals surface area contributed by atoms with Crippen molar-refractivity contribution in [2.75, 3.05) is 4.90 Å². The third-order valence-electron chi connectivity index (χ3n) is 5.90. The molecule has 35 heavy (non-hydrogen) atoms. The summed E-state index contributed by atoms with van der Waals surface area (Å²) >= 11 is 0. The fourth-order valence-corrected chi connectivity index (χ4v) is 4.61. The SMILES string of the molecule is C[n+]1c2c(c(N(c3ccccc3)c3ccccc3)c3ccccc31)CCCC2.F[P-](F)(F)(F)(F)F. The van der Waals surface area contributed by atoms with Crippen LogP contribution in [-0.4, -0.2) is 0 Å². The van der Waals surface area contributed by atoms with Crippen molar-refractivity contribution in [2.24, 2.45) is 7.05 Å². The molecule has 0 saturated heterocycles. The number of para-hydroxylation sites is 3. The van der Waals surface area contributed by atoms with E-state index >= 15 is 0 Å². The van der Waals surface area contributed by atoms with E-state index in [1.165, 1.54) is 52.1 Å². The van der Waals surface area contributed by atoms with Gasteiger partial charge in [-0.15, -0.1) is 0 Å². The summed E-state index contributed by atoms with van der Waals surface area (Å²) < 4.78 is 61.6. The molecule has 0 radical (unpaired) electrons. The van der Waals surface area contributed by atoms with Crippen molar-refractivity contribution in [3.63, 3.8) is 0 Å². The fraction of sp³-hybridized carbons (Fsp3) is 0.192. The Balaban J connectivity index is 0.000000364. The summed E-state index contributed by atoms with van der Waals surface area (Å²) in [5.74, 6) is 0. The molecule has 186 valence electrons. The Morgan fingerprint density at radius 1 is 0.657 bits per heavy atom. The molecule has 1 aromatic heterocycles. The second-order valence-electron chi connectivity index (χ2n) is 8.52. The summed E-state index contributed by atoms with van der Waals surface area (Å²) in [6.07, 6.45) is 4.83. The van der Waals surface area contributed by atoms with E-state index in [4.69, 9.17) is 0 Å². The number of hydrogen-bond donors (Lipinski definition) is 0. The first-order valence-corrected chi connectivity index (χ1v) is 13.2. The van der Waals surface area contributed by atoms with Gasteiger partial charge in [-0.1, -0.05) is 48.5 Å². The van der Waals surface area contributed by atoms with E-state index in [9.17, 15) is 25.2 Å². The van der Waals surface area contributed by atoms with E-state index in [0.29, 0.717) is 0 Å². The molecule has 0 bridgehead atoms. The number of benzene rings is 3. The zero-order valence-electron chi connectivity index (χ0n) is 19.0. The molecule has 9 heteroatoms. The predicted octanol–water partition coefficient (Wildman–Crippen LogP) is 9.40. The molecule has 1 heterocycles. The number of halogens is 6. The van der Waals surface area contributed by atoms with Crippen LogP contribution in [0.4, 0.5) is 42.2 Å². The van der Waals surface area contributed by atoms with Crippen LogP contribution < -0.4 is 9.47 Å². The van der Waals surface area contributed by atoms with Crippen LogP contribution in [0.3, 0.4) is 0 Å². The number of rotatable bonds is 3. The van der Waals surface area contributed by atoms with Gasteiger partial charge in [0.05, 0.1) is 11.1 Å². The fourth-order valence-electron chi connectivity index (χ4n) is 4.61. The van der Waals surface area contributed by atoms with Gasteiger partial charge in [0.1, 0.15) is 7.05 Å². The van der Waals surface area contributed by atoms with Gasteiger partial charge in [-0.25, -0.2) is 0 Å². The second-order valence-corrected chi connectivity index (χ2v) is 10.4. The van der Waals surface area contributed by atoms with E-state index in [0.717, 1.165) is 12.8 Å². The molecule has 0 spiro atoms. The average Bonchev–Trinajstić information content (AvgIpc) is 2.81. The van der Waals surface area contributed by atoms with Gasteiger partial charge in [0.25, 0.3) is 0 Å². The maximum absolute atomic E-state index is 10.7. The summed E-state index contributed by atoms with van der Waals surface area (Å²) in [7, 11) is -8.43. The zero-order valence-corrected chi connectivity index (χ0v) is 19.9. The second kappa shape index (κ2) is 8.52. The monoisotopic (exact) mass is 510 g/mol. The Bertz CT molecular complexity index is 1290. The van der Waals surface area contributed by atoms with Gasteiger partial charge in [0, 0.05) is 29.4 Å². The Labute approximate surface area is 199 Å².